The van der Waals surface area contributed by atoms with Gasteiger partial charge < -0.3 is 10.5 Å². The molecule has 1 aromatic heterocycles. The van der Waals surface area contributed by atoms with Crippen LogP contribution in [-0.4, -0.2) is 11.6 Å². The Kier molecular flexibility index (Phi) is 2.97. The van der Waals surface area contributed by atoms with Crippen LogP contribution in [0.25, 0.3) is 0 Å². The summed E-state index contributed by atoms with van der Waals surface area (Å²) in [5, 5.41) is 0.599. The van der Waals surface area contributed by atoms with Gasteiger partial charge in [-0.05, 0) is 44.6 Å². The number of carbonyl (C=O) groups is 1. The summed E-state index contributed by atoms with van der Waals surface area (Å²) in [6, 6.07) is 0. The van der Waals surface area contributed by atoms with Crippen molar-refractivity contribution in [1.82, 2.24) is 0 Å². The molecule has 0 unspecified atom stereocenters. The maximum Gasteiger partial charge on any atom is 0.341 e. The molecular weight excluding hydrogens is 246 g/mol. The first-order chi connectivity index (χ1) is 8.12. The second-order valence-electron chi connectivity index (χ2n) is 6.53. The lowest BCUT2D eigenvalue weighted by Gasteiger charge is -2.23. The van der Waals surface area contributed by atoms with Crippen molar-refractivity contribution in [3.05, 3.63) is 16.0 Å². The Morgan fingerprint density at radius 1 is 1.39 bits per heavy atom. The molecule has 0 spiro atoms. The summed E-state index contributed by atoms with van der Waals surface area (Å²) in [7, 11) is 0. The van der Waals surface area contributed by atoms with Crippen molar-refractivity contribution in [1.29, 1.82) is 0 Å². The molecule has 18 heavy (non-hydrogen) atoms. The zero-order chi connectivity index (χ0) is 13.7. The quantitative estimate of drug-likeness (QED) is 0.792. The highest BCUT2D eigenvalue weighted by Gasteiger charge is 2.38. The average Bonchev–Trinajstić information content (AvgIpc) is 2.62. The zero-order valence-electron chi connectivity index (χ0n) is 11.7. The minimum atomic E-state index is -0.485. The molecule has 0 bridgehead atoms. The number of hydrogen-bond donors (Lipinski definition) is 1. The van der Waals surface area contributed by atoms with E-state index in [1.54, 1.807) is 0 Å². The molecule has 0 amide bonds. The van der Waals surface area contributed by atoms with E-state index in [1.165, 1.54) is 16.2 Å². The molecule has 0 aliphatic heterocycles. The van der Waals surface area contributed by atoms with Crippen LogP contribution in [0.4, 0.5) is 5.00 Å². The fourth-order valence-corrected chi connectivity index (χ4v) is 3.71. The zero-order valence-corrected chi connectivity index (χ0v) is 12.5. The highest BCUT2D eigenvalue weighted by atomic mass is 32.1. The maximum absolute atomic E-state index is 12.3. The molecule has 4 heteroatoms. The molecule has 1 aliphatic rings. The number of anilines is 1. The van der Waals surface area contributed by atoms with Crippen molar-refractivity contribution in [2.24, 2.45) is 0 Å². The van der Waals surface area contributed by atoms with Crippen LogP contribution < -0.4 is 5.73 Å². The lowest BCUT2D eigenvalue weighted by Crippen LogP contribution is -2.26. The maximum atomic E-state index is 12.3. The summed E-state index contributed by atoms with van der Waals surface area (Å²) in [5.41, 5.74) is 7.26. The Bertz CT molecular complexity index is 495. The van der Waals surface area contributed by atoms with Gasteiger partial charge in [0.2, 0.25) is 0 Å². The van der Waals surface area contributed by atoms with Crippen molar-refractivity contribution in [2.45, 2.75) is 58.5 Å². The number of esters is 1. The van der Waals surface area contributed by atoms with Gasteiger partial charge in [-0.15, -0.1) is 11.3 Å². The average molecular weight is 267 g/mol. The molecule has 0 saturated carbocycles. The number of carbonyl (C=O) groups excluding carboxylic acids is 1. The summed E-state index contributed by atoms with van der Waals surface area (Å²) >= 11 is 1.54. The lowest BCUT2D eigenvalue weighted by atomic mass is 9.85. The summed E-state index contributed by atoms with van der Waals surface area (Å²) in [5.74, 6) is -0.285. The molecule has 1 aromatic rings. The minimum Gasteiger partial charge on any atom is -0.456 e. The summed E-state index contributed by atoms with van der Waals surface area (Å²) in [6.07, 6.45) is 2.09. The minimum absolute atomic E-state index is 0.0235. The highest BCUT2D eigenvalue weighted by molar-refractivity contribution is 7.16. The van der Waals surface area contributed by atoms with Gasteiger partial charge in [0, 0.05) is 4.88 Å². The molecule has 0 radical (unpaired) electrons. The van der Waals surface area contributed by atoms with E-state index in [2.05, 4.69) is 13.8 Å². The molecule has 2 N–H and O–H groups in total. The van der Waals surface area contributed by atoms with Crippen LogP contribution >= 0.6 is 11.3 Å². The van der Waals surface area contributed by atoms with Gasteiger partial charge in [0.25, 0.3) is 0 Å². The SMILES string of the molecule is CC(C)(C)OC(=O)c1c(N)sc2c1C(C)(C)CC2. The molecule has 0 atom stereocenters. The molecule has 2 rings (SSSR count). The molecular formula is C14H21NO2S. The van der Waals surface area contributed by atoms with Gasteiger partial charge in [0.15, 0.2) is 0 Å². The number of thiophene rings is 1. The molecule has 1 heterocycles. The van der Waals surface area contributed by atoms with Gasteiger partial charge in [-0.2, -0.15) is 0 Å². The van der Waals surface area contributed by atoms with E-state index >= 15 is 0 Å². The molecule has 0 aromatic carbocycles. The molecule has 1 aliphatic carbocycles. The third kappa shape index (κ3) is 2.26. The number of ether oxygens (including phenoxy) is 1. The van der Waals surface area contributed by atoms with E-state index < -0.39 is 5.60 Å². The number of aryl methyl sites for hydroxylation is 1. The van der Waals surface area contributed by atoms with E-state index in [4.69, 9.17) is 10.5 Å². The second-order valence-corrected chi connectivity index (χ2v) is 7.66. The monoisotopic (exact) mass is 267 g/mol. The normalized spacial score (nSPS) is 17.6. The fourth-order valence-electron chi connectivity index (χ4n) is 2.47. The van der Waals surface area contributed by atoms with Crippen molar-refractivity contribution >= 4 is 22.3 Å². The fraction of sp³-hybridized carbons (Fsp3) is 0.643. The topological polar surface area (TPSA) is 52.3 Å². The molecule has 0 fully saturated rings. The first kappa shape index (κ1) is 13.4. The second kappa shape index (κ2) is 3.98. The van der Waals surface area contributed by atoms with Crippen molar-refractivity contribution < 1.29 is 9.53 Å². The van der Waals surface area contributed by atoms with Crippen LogP contribution in [-0.2, 0) is 16.6 Å². The number of hydrogen-bond acceptors (Lipinski definition) is 4. The highest BCUT2D eigenvalue weighted by Crippen LogP contribution is 2.47. The van der Waals surface area contributed by atoms with Gasteiger partial charge in [-0.3, -0.25) is 0 Å². The van der Waals surface area contributed by atoms with Crippen molar-refractivity contribution in [3.8, 4) is 0 Å². The van der Waals surface area contributed by atoms with Crippen LogP contribution in [0.1, 0.15) is 61.8 Å². The third-order valence-electron chi connectivity index (χ3n) is 3.27. The van der Waals surface area contributed by atoms with Gasteiger partial charge in [-0.25, -0.2) is 4.79 Å². The van der Waals surface area contributed by atoms with Crippen LogP contribution in [0.2, 0.25) is 0 Å². The molecule has 0 saturated heterocycles. The van der Waals surface area contributed by atoms with E-state index in [-0.39, 0.29) is 11.4 Å². The van der Waals surface area contributed by atoms with E-state index in [1.807, 2.05) is 20.8 Å². The van der Waals surface area contributed by atoms with Crippen LogP contribution in [0.15, 0.2) is 0 Å². The predicted molar refractivity (Wildman–Crippen MR) is 75.2 cm³/mol. The van der Waals surface area contributed by atoms with Gasteiger partial charge in [-0.1, -0.05) is 13.8 Å². The number of nitrogens with two attached hydrogens (primary N) is 1. The van der Waals surface area contributed by atoms with Crippen LogP contribution in [0.3, 0.4) is 0 Å². The van der Waals surface area contributed by atoms with E-state index in [0.717, 1.165) is 18.4 Å². The Morgan fingerprint density at radius 3 is 2.56 bits per heavy atom. The smallest absolute Gasteiger partial charge is 0.341 e. The Labute approximate surface area is 112 Å². The lowest BCUT2D eigenvalue weighted by molar-refractivity contribution is 0.00689. The molecule has 100 valence electrons. The third-order valence-corrected chi connectivity index (χ3v) is 4.34. The first-order valence-electron chi connectivity index (χ1n) is 6.27. The standard InChI is InChI=1S/C14H21NO2S/c1-13(2,3)17-12(16)9-10-8(18-11(9)15)6-7-14(10,4)5/h6-7,15H2,1-5H3. The Morgan fingerprint density at radius 2 is 2.00 bits per heavy atom. The first-order valence-corrected chi connectivity index (χ1v) is 7.08. The van der Waals surface area contributed by atoms with Gasteiger partial charge in [0.05, 0.1) is 5.56 Å². The van der Waals surface area contributed by atoms with Gasteiger partial charge in [0.1, 0.15) is 10.6 Å². The number of fused-ring (bicyclic) bond motifs is 1. The summed E-state index contributed by atoms with van der Waals surface area (Å²) in [6.45, 7) is 9.95. The van der Waals surface area contributed by atoms with Crippen molar-refractivity contribution in [2.75, 3.05) is 5.73 Å². The van der Waals surface area contributed by atoms with E-state index in [0.29, 0.717) is 10.6 Å². The summed E-state index contributed by atoms with van der Waals surface area (Å²) in [4.78, 5) is 13.5. The van der Waals surface area contributed by atoms with Gasteiger partial charge >= 0.3 is 5.97 Å². The van der Waals surface area contributed by atoms with Crippen molar-refractivity contribution in [3.63, 3.8) is 0 Å². The predicted octanol–water partition coefficient (Wildman–Crippen LogP) is 3.51. The van der Waals surface area contributed by atoms with E-state index in [9.17, 15) is 4.79 Å². The number of nitrogen functional groups attached to an aromatic ring is 1. The van der Waals surface area contributed by atoms with Crippen LogP contribution in [0, 0.1) is 0 Å². The Hall–Kier alpha value is -1.03. The Balaban J connectivity index is 2.44. The number of rotatable bonds is 1. The largest absolute Gasteiger partial charge is 0.456 e. The molecule has 3 nitrogen and oxygen atoms in total. The summed E-state index contributed by atoms with van der Waals surface area (Å²) < 4.78 is 5.47. The van der Waals surface area contributed by atoms with Crippen LogP contribution in [0.5, 0.6) is 0 Å².